The fraction of sp³-hybridized carbons (Fsp3) is 0.824. The average molecular weight is 282 g/mol. The molecule has 0 aliphatic carbocycles. The number of unbranched alkanes of at least 4 members (excludes halogenated alkanes) is 9. The van der Waals surface area contributed by atoms with Gasteiger partial charge in [-0.15, -0.1) is 0 Å². The summed E-state index contributed by atoms with van der Waals surface area (Å²) in [4.78, 5) is 13.1. The molecule has 3 heteroatoms. The second-order valence-electron chi connectivity index (χ2n) is 5.66. The van der Waals surface area contributed by atoms with Crippen LogP contribution < -0.4 is 5.32 Å². The van der Waals surface area contributed by atoms with Crippen LogP contribution >= 0.6 is 0 Å². The zero-order valence-electron chi connectivity index (χ0n) is 13.6. The molecule has 0 spiro atoms. The molecule has 20 heavy (non-hydrogen) atoms. The van der Waals surface area contributed by atoms with E-state index in [9.17, 15) is 4.79 Å². The van der Waals surface area contributed by atoms with Crippen LogP contribution in [0.2, 0.25) is 0 Å². The van der Waals surface area contributed by atoms with Crippen LogP contribution in [-0.2, 0) is 4.79 Å². The van der Waals surface area contributed by atoms with Crippen molar-refractivity contribution in [3.05, 3.63) is 12.7 Å². The molecule has 0 aromatic rings. The summed E-state index contributed by atoms with van der Waals surface area (Å²) < 4.78 is 0. The van der Waals surface area contributed by atoms with Crippen molar-refractivity contribution in [1.29, 1.82) is 0 Å². The number of nitrogens with one attached hydrogen (secondary N) is 1. The van der Waals surface area contributed by atoms with Crippen LogP contribution in [0.1, 0.15) is 71.1 Å². The molecule has 0 fully saturated rings. The predicted molar refractivity (Wildman–Crippen MR) is 87.7 cm³/mol. The van der Waals surface area contributed by atoms with Gasteiger partial charge in [0, 0.05) is 0 Å². The summed E-state index contributed by atoms with van der Waals surface area (Å²) in [6.07, 6.45) is 14.9. The third kappa shape index (κ3) is 13.6. The zero-order chi connectivity index (χ0) is 15.1. The quantitative estimate of drug-likeness (QED) is 0.295. The highest BCUT2D eigenvalue weighted by Crippen LogP contribution is 2.10. The van der Waals surface area contributed by atoms with Crippen LogP contribution in [0, 0.1) is 0 Å². The molecule has 0 heterocycles. The Morgan fingerprint density at radius 1 is 1.00 bits per heavy atom. The van der Waals surface area contributed by atoms with E-state index in [-0.39, 0.29) is 5.91 Å². The summed E-state index contributed by atoms with van der Waals surface area (Å²) >= 11 is 0. The maximum absolute atomic E-state index is 11.0. The first kappa shape index (κ1) is 19.2. The number of hydrogen-bond donors (Lipinski definition) is 1. The van der Waals surface area contributed by atoms with Crippen molar-refractivity contribution >= 4 is 5.91 Å². The molecule has 0 saturated heterocycles. The fourth-order valence-electron chi connectivity index (χ4n) is 2.23. The largest absolute Gasteiger partial charge is 0.340 e. The molecule has 0 aromatic carbocycles. The van der Waals surface area contributed by atoms with Crippen molar-refractivity contribution in [3.8, 4) is 0 Å². The normalized spacial score (nSPS) is 10.8. The molecule has 3 nitrogen and oxygen atoms in total. The highest BCUT2D eigenvalue weighted by molar-refractivity contribution is 5.86. The molecule has 0 unspecified atom stereocenters. The lowest BCUT2D eigenvalue weighted by molar-refractivity contribution is -0.117. The third-order valence-electron chi connectivity index (χ3n) is 3.60. The Bertz CT molecular complexity index is 241. The Labute approximate surface area is 125 Å². The van der Waals surface area contributed by atoms with Gasteiger partial charge < -0.3 is 5.32 Å². The molecule has 0 radical (unpaired) electrons. The van der Waals surface area contributed by atoms with Gasteiger partial charge in [0.05, 0.1) is 6.67 Å². The van der Waals surface area contributed by atoms with Crippen LogP contribution in [0.4, 0.5) is 0 Å². The van der Waals surface area contributed by atoms with Gasteiger partial charge in [-0.05, 0) is 26.1 Å². The van der Waals surface area contributed by atoms with Crippen molar-refractivity contribution in [3.63, 3.8) is 0 Å². The van der Waals surface area contributed by atoms with Gasteiger partial charge in [-0.2, -0.15) is 0 Å². The van der Waals surface area contributed by atoms with Crippen LogP contribution in [0.3, 0.4) is 0 Å². The molecule has 0 rings (SSSR count). The minimum atomic E-state index is -0.0973. The Kier molecular flexibility index (Phi) is 14.0. The number of amides is 1. The summed E-state index contributed by atoms with van der Waals surface area (Å²) in [7, 11) is 2.04. The van der Waals surface area contributed by atoms with Crippen LogP contribution in [0.25, 0.3) is 0 Å². The number of carbonyl (C=O) groups is 1. The molecule has 0 bridgehead atoms. The first-order chi connectivity index (χ1) is 9.70. The number of rotatable bonds is 14. The van der Waals surface area contributed by atoms with E-state index in [4.69, 9.17) is 0 Å². The number of nitrogens with zero attached hydrogens (tertiary/aromatic N) is 1. The van der Waals surface area contributed by atoms with Crippen molar-refractivity contribution < 1.29 is 4.79 Å². The monoisotopic (exact) mass is 282 g/mol. The van der Waals surface area contributed by atoms with Crippen LogP contribution in [0.5, 0.6) is 0 Å². The van der Waals surface area contributed by atoms with Gasteiger partial charge in [0.2, 0.25) is 5.91 Å². The van der Waals surface area contributed by atoms with E-state index in [1.165, 1.54) is 70.3 Å². The van der Waals surface area contributed by atoms with E-state index in [1.807, 2.05) is 7.05 Å². The molecule has 0 aliphatic heterocycles. The van der Waals surface area contributed by atoms with Crippen LogP contribution in [-0.4, -0.2) is 31.1 Å². The minimum absolute atomic E-state index is 0.0973. The standard InChI is InChI=1S/C17H34N2O/c1-4-6-7-8-9-10-11-12-13-14-15-19(3)16-18-17(20)5-2/h5H,2,4,6-16H2,1,3H3,(H,18,20). The lowest BCUT2D eigenvalue weighted by Gasteiger charge is -2.16. The summed E-state index contributed by atoms with van der Waals surface area (Å²) in [6.45, 7) is 7.36. The highest BCUT2D eigenvalue weighted by atomic mass is 16.1. The SMILES string of the molecule is C=CC(=O)NCN(C)CCCCCCCCCCCC. The Balaban J connectivity index is 3.19. The van der Waals surface area contributed by atoms with E-state index < -0.39 is 0 Å². The Hall–Kier alpha value is -0.830. The van der Waals surface area contributed by atoms with Gasteiger partial charge in [-0.3, -0.25) is 9.69 Å². The highest BCUT2D eigenvalue weighted by Gasteiger charge is 1.99. The van der Waals surface area contributed by atoms with E-state index in [0.29, 0.717) is 6.67 Å². The Morgan fingerprint density at radius 2 is 1.50 bits per heavy atom. The number of carbonyl (C=O) groups excluding carboxylic acids is 1. The van der Waals surface area contributed by atoms with Gasteiger partial charge >= 0.3 is 0 Å². The average Bonchev–Trinajstić information content (AvgIpc) is 2.46. The molecular formula is C17H34N2O. The smallest absolute Gasteiger partial charge is 0.244 e. The minimum Gasteiger partial charge on any atom is -0.340 e. The molecule has 0 aliphatic rings. The zero-order valence-corrected chi connectivity index (χ0v) is 13.6. The van der Waals surface area contributed by atoms with E-state index >= 15 is 0 Å². The summed E-state index contributed by atoms with van der Waals surface area (Å²) in [5, 5.41) is 2.79. The molecule has 0 saturated carbocycles. The summed E-state index contributed by atoms with van der Waals surface area (Å²) in [5.41, 5.74) is 0. The summed E-state index contributed by atoms with van der Waals surface area (Å²) in [5.74, 6) is -0.0973. The van der Waals surface area contributed by atoms with Crippen molar-refractivity contribution in [2.24, 2.45) is 0 Å². The van der Waals surface area contributed by atoms with E-state index in [1.54, 1.807) is 0 Å². The molecular weight excluding hydrogens is 248 g/mol. The van der Waals surface area contributed by atoms with Gasteiger partial charge in [-0.1, -0.05) is 71.3 Å². The van der Waals surface area contributed by atoms with Gasteiger partial charge in [0.25, 0.3) is 0 Å². The van der Waals surface area contributed by atoms with E-state index in [0.717, 1.165) is 6.54 Å². The van der Waals surface area contributed by atoms with Crippen molar-refractivity contribution in [2.45, 2.75) is 71.1 Å². The van der Waals surface area contributed by atoms with Gasteiger partial charge in [0.15, 0.2) is 0 Å². The third-order valence-corrected chi connectivity index (χ3v) is 3.60. The molecule has 1 amide bonds. The lowest BCUT2D eigenvalue weighted by Crippen LogP contribution is -2.34. The van der Waals surface area contributed by atoms with Crippen molar-refractivity contribution in [2.75, 3.05) is 20.3 Å². The first-order valence-electron chi connectivity index (χ1n) is 8.29. The number of hydrogen-bond acceptors (Lipinski definition) is 2. The maximum atomic E-state index is 11.0. The lowest BCUT2D eigenvalue weighted by atomic mass is 10.1. The topological polar surface area (TPSA) is 32.3 Å². The Morgan fingerprint density at radius 3 is 2.00 bits per heavy atom. The van der Waals surface area contributed by atoms with Gasteiger partial charge in [-0.25, -0.2) is 0 Å². The molecule has 0 atom stereocenters. The molecule has 0 aromatic heterocycles. The van der Waals surface area contributed by atoms with E-state index in [2.05, 4.69) is 23.7 Å². The summed E-state index contributed by atoms with van der Waals surface area (Å²) in [6, 6.07) is 0. The maximum Gasteiger partial charge on any atom is 0.244 e. The van der Waals surface area contributed by atoms with Crippen LogP contribution in [0.15, 0.2) is 12.7 Å². The molecule has 1 N–H and O–H groups in total. The fourth-order valence-corrected chi connectivity index (χ4v) is 2.23. The molecule has 118 valence electrons. The van der Waals surface area contributed by atoms with Gasteiger partial charge in [0.1, 0.15) is 0 Å². The second kappa shape index (κ2) is 14.6. The predicted octanol–water partition coefficient (Wildman–Crippen LogP) is 4.10. The second-order valence-corrected chi connectivity index (χ2v) is 5.66. The first-order valence-corrected chi connectivity index (χ1v) is 8.29. The van der Waals surface area contributed by atoms with Crippen molar-refractivity contribution in [1.82, 2.24) is 10.2 Å².